The number of rotatable bonds is 0. The van der Waals surface area contributed by atoms with Gasteiger partial charge < -0.3 is 5.73 Å². The first-order valence-corrected chi connectivity index (χ1v) is 3.48. The molecule has 0 bridgehead atoms. The zero-order valence-corrected chi connectivity index (χ0v) is 6.28. The van der Waals surface area contributed by atoms with Crippen LogP contribution in [0.15, 0.2) is 24.4 Å². The molecule has 56 valence electrons. The molecule has 2 aromatic heterocycles. The fourth-order valence-corrected chi connectivity index (χ4v) is 1.14. The van der Waals surface area contributed by atoms with Gasteiger partial charge >= 0.3 is 0 Å². The van der Waals surface area contributed by atoms with Crippen LogP contribution in [0.5, 0.6) is 0 Å². The number of nitrogens with two attached hydrogens (primary N) is 1. The molecule has 0 amide bonds. The topological polar surface area (TPSA) is 43.3 Å². The molecule has 0 aliphatic heterocycles. The first-order chi connectivity index (χ1) is 5.29. The summed E-state index contributed by atoms with van der Waals surface area (Å²) in [5, 5.41) is 4.20. The first kappa shape index (κ1) is 6.22. The van der Waals surface area contributed by atoms with Crippen molar-refractivity contribution in [3.63, 3.8) is 0 Å². The van der Waals surface area contributed by atoms with Crippen LogP contribution in [0.25, 0.3) is 5.52 Å². The van der Waals surface area contributed by atoms with E-state index < -0.39 is 0 Å². The van der Waals surface area contributed by atoms with Crippen molar-refractivity contribution < 1.29 is 0 Å². The minimum absolute atomic E-state index is 0.769. The van der Waals surface area contributed by atoms with E-state index in [1.165, 1.54) is 0 Å². The molecular weight excluding hydrogens is 138 g/mol. The number of anilines is 1. The van der Waals surface area contributed by atoms with Crippen molar-refractivity contribution in [2.45, 2.75) is 6.92 Å². The molecule has 0 saturated heterocycles. The molecule has 11 heavy (non-hydrogen) atoms. The standard InChI is InChI=1S/C8H9N3/c1-6-8(9)7-4-2-3-5-11(7)10-6/h2-5H,9H2,1H3. The van der Waals surface area contributed by atoms with E-state index in [1.807, 2.05) is 31.3 Å². The minimum atomic E-state index is 0.769. The second-order valence-corrected chi connectivity index (χ2v) is 2.53. The van der Waals surface area contributed by atoms with Gasteiger partial charge in [-0.15, -0.1) is 0 Å². The summed E-state index contributed by atoms with van der Waals surface area (Å²) >= 11 is 0. The lowest BCUT2D eigenvalue weighted by atomic mass is 10.3. The Kier molecular flexibility index (Phi) is 1.12. The fraction of sp³-hybridized carbons (Fsp3) is 0.125. The third kappa shape index (κ3) is 0.774. The normalized spacial score (nSPS) is 10.6. The van der Waals surface area contributed by atoms with Crippen molar-refractivity contribution in [2.75, 3.05) is 5.73 Å². The number of hydrogen-bond acceptors (Lipinski definition) is 2. The molecule has 0 radical (unpaired) electrons. The number of nitrogen functional groups attached to an aromatic ring is 1. The van der Waals surface area contributed by atoms with Gasteiger partial charge in [0.15, 0.2) is 0 Å². The lowest BCUT2D eigenvalue weighted by molar-refractivity contribution is 0.934. The second kappa shape index (κ2) is 1.99. The number of hydrogen-bond donors (Lipinski definition) is 1. The highest BCUT2D eigenvalue weighted by Crippen LogP contribution is 2.15. The van der Waals surface area contributed by atoms with Gasteiger partial charge in [0.05, 0.1) is 16.9 Å². The molecule has 3 heteroatoms. The fourth-order valence-electron chi connectivity index (χ4n) is 1.14. The van der Waals surface area contributed by atoms with Gasteiger partial charge in [0, 0.05) is 6.20 Å². The van der Waals surface area contributed by atoms with Crippen LogP contribution in [-0.2, 0) is 0 Å². The maximum atomic E-state index is 5.75. The quantitative estimate of drug-likeness (QED) is 0.609. The number of aromatic nitrogens is 2. The van der Waals surface area contributed by atoms with Crippen LogP contribution in [0.1, 0.15) is 5.69 Å². The number of fused-ring (bicyclic) bond motifs is 1. The highest BCUT2D eigenvalue weighted by molar-refractivity contribution is 5.71. The molecule has 2 rings (SSSR count). The van der Waals surface area contributed by atoms with Gasteiger partial charge in [-0.1, -0.05) is 6.07 Å². The van der Waals surface area contributed by atoms with Crippen molar-refractivity contribution in [3.8, 4) is 0 Å². The minimum Gasteiger partial charge on any atom is -0.395 e. The monoisotopic (exact) mass is 147 g/mol. The van der Waals surface area contributed by atoms with Crippen molar-refractivity contribution in [3.05, 3.63) is 30.1 Å². The summed E-state index contributed by atoms with van der Waals surface area (Å²) in [5.41, 5.74) is 8.39. The molecule has 0 saturated carbocycles. The van der Waals surface area contributed by atoms with E-state index in [0.29, 0.717) is 0 Å². The van der Waals surface area contributed by atoms with Gasteiger partial charge in [-0.3, -0.25) is 0 Å². The molecule has 2 heterocycles. The number of aryl methyl sites for hydroxylation is 1. The number of nitrogens with zero attached hydrogens (tertiary/aromatic N) is 2. The average Bonchev–Trinajstić information content (AvgIpc) is 2.30. The Labute approximate surface area is 64.4 Å². The van der Waals surface area contributed by atoms with Crippen LogP contribution in [-0.4, -0.2) is 9.61 Å². The summed E-state index contributed by atoms with van der Waals surface area (Å²) in [6.07, 6.45) is 1.89. The van der Waals surface area contributed by atoms with E-state index in [0.717, 1.165) is 16.9 Å². The van der Waals surface area contributed by atoms with Crippen LogP contribution < -0.4 is 5.73 Å². The summed E-state index contributed by atoms with van der Waals surface area (Å²) in [5.74, 6) is 0. The predicted octanol–water partition coefficient (Wildman–Crippen LogP) is 1.22. The van der Waals surface area contributed by atoms with E-state index in [4.69, 9.17) is 5.73 Å². The maximum Gasteiger partial charge on any atom is 0.0894 e. The molecule has 0 aromatic carbocycles. The molecule has 3 nitrogen and oxygen atoms in total. The molecule has 0 spiro atoms. The van der Waals surface area contributed by atoms with E-state index in [2.05, 4.69) is 5.10 Å². The van der Waals surface area contributed by atoms with Crippen LogP contribution in [0.4, 0.5) is 5.69 Å². The third-order valence-corrected chi connectivity index (χ3v) is 1.76. The van der Waals surface area contributed by atoms with Crippen LogP contribution in [0.3, 0.4) is 0 Å². The molecule has 0 fully saturated rings. The lowest BCUT2D eigenvalue weighted by Crippen LogP contribution is -1.85. The van der Waals surface area contributed by atoms with Crippen LogP contribution in [0, 0.1) is 6.92 Å². The summed E-state index contributed by atoms with van der Waals surface area (Å²) in [6.45, 7) is 1.91. The SMILES string of the molecule is Cc1nn2ccccc2c1N. The van der Waals surface area contributed by atoms with Crippen molar-refractivity contribution in [1.29, 1.82) is 0 Å². The molecule has 2 N–H and O–H groups in total. The van der Waals surface area contributed by atoms with Gasteiger partial charge in [-0.25, -0.2) is 4.52 Å². The molecule has 0 unspecified atom stereocenters. The van der Waals surface area contributed by atoms with Crippen molar-refractivity contribution in [1.82, 2.24) is 9.61 Å². The van der Waals surface area contributed by atoms with E-state index in [1.54, 1.807) is 4.52 Å². The van der Waals surface area contributed by atoms with E-state index in [-0.39, 0.29) is 0 Å². The van der Waals surface area contributed by atoms with Gasteiger partial charge in [0.1, 0.15) is 0 Å². The lowest BCUT2D eigenvalue weighted by Gasteiger charge is -1.89. The van der Waals surface area contributed by atoms with E-state index in [9.17, 15) is 0 Å². The predicted molar refractivity (Wildman–Crippen MR) is 44.3 cm³/mol. The Balaban J connectivity index is 2.92. The van der Waals surface area contributed by atoms with Crippen molar-refractivity contribution in [2.24, 2.45) is 0 Å². The second-order valence-electron chi connectivity index (χ2n) is 2.53. The van der Waals surface area contributed by atoms with Gasteiger partial charge in [-0.2, -0.15) is 5.10 Å². The zero-order chi connectivity index (χ0) is 7.84. The van der Waals surface area contributed by atoms with Gasteiger partial charge in [0.2, 0.25) is 0 Å². The summed E-state index contributed by atoms with van der Waals surface area (Å²) in [6, 6.07) is 5.83. The smallest absolute Gasteiger partial charge is 0.0894 e. The first-order valence-electron chi connectivity index (χ1n) is 3.48. The Morgan fingerprint density at radius 3 is 3.00 bits per heavy atom. The van der Waals surface area contributed by atoms with Crippen LogP contribution >= 0.6 is 0 Å². The Bertz CT molecular complexity index is 389. The van der Waals surface area contributed by atoms with Crippen molar-refractivity contribution >= 4 is 11.2 Å². The average molecular weight is 147 g/mol. The summed E-state index contributed by atoms with van der Waals surface area (Å²) < 4.78 is 1.78. The third-order valence-electron chi connectivity index (χ3n) is 1.76. The Morgan fingerprint density at radius 1 is 1.45 bits per heavy atom. The maximum absolute atomic E-state index is 5.75. The molecule has 0 aliphatic carbocycles. The molecular formula is C8H9N3. The Hall–Kier alpha value is -1.51. The number of pyridine rings is 1. The Morgan fingerprint density at radius 2 is 2.27 bits per heavy atom. The summed E-state index contributed by atoms with van der Waals surface area (Å²) in [4.78, 5) is 0. The zero-order valence-electron chi connectivity index (χ0n) is 6.28. The van der Waals surface area contributed by atoms with Gasteiger partial charge in [0.25, 0.3) is 0 Å². The molecule has 0 atom stereocenters. The summed E-state index contributed by atoms with van der Waals surface area (Å²) in [7, 11) is 0. The molecule has 2 aromatic rings. The largest absolute Gasteiger partial charge is 0.395 e. The highest BCUT2D eigenvalue weighted by Gasteiger charge is 2.02. The highest BCUT2D eigenvalue weighted by atomic mass is 15.2. The van der Waals surface area contributed by atoms with Gasteiger partial charge in [-0.05, 0) is 19.1 Å². The van der Waals surface area contributed by atoms with Crippen LogP contribution in [0.2, 0.25) is 0 Å². The van der Waals surface area contributed by atoms with E-state index >= 15 is 0 Å². The molecule has 0 aliphatic rings.